The Morgan fingerprint density at radius 1 is 1.08 bits per heavy atom. The number of H-pyrrole nitrogens is 1. The Hall–Kier alpha value is -2.88. The van der Waals surface area contributed by atoms with E-state index < -0.39 is 0 Å². The average molecular weight is 333 g/mol. The normalized spacial score (nSPS) is 10.6. The Morgan fingerprint density at radius 2 is 1.80 bits per heavy atom. The van der Waals surface area contributed by atoms with Gasteiger partial charge in [0.1, 0.15) is 0 Å². The van der Waals surface area contributed by atoms with Crippen LogP contribution in [0.4, 0.5) is 5.69 Å². The van der Waals surface area contributed by atoms with E-state index in [1.807, 2.05) is 37.4 Å². The number of Topliss-reactive ketones (excluding diaryl/α,β-unsaturated/α-hetero) is 1. The molecule has 0 aliphatic carbocycles. The molecule has 2 N–H and O–H groups in total. The third-order valence-corrected chi connectivity index (χ3v) is 4.21. The van der Waals surface area contributed by atoms with Gasteiger partial charge < -0.3 is 5.32 Å². The molecular weight excluding hydrogens is 310 g/mol. The number of hydrogen-bond donors (Lipinski definition) is 2. The molecule has 0 aliphatic rings. The number of hydrogen-bond acceptors (Lipinski definition) is 3. The standard InChI is InChI=1S/C21H23N3O/c1-3-4-20(25)16-9-11-19(12-10-16)22-13-18-14-23-24-21(18)17-7-5-15(2)6-8-17/h5-12,14,22H,3-4,13H2,1-2H3,(H,23,24). The fourth-order valence-electron chi connectivity index (χ4n) is 2.75. The van der Waals surface area contributed by atoms with Gasteiger partial charge in [-0.15, -0.1) is 0 Å². The lowest BCUT2D eigenvalue weighted by Gasteiger charge is -2.08. The maximum Gasteiger partial charge on any atom is 0.162 e. The van der Waals surface area contributed by atoms with Crippen LogP contribution in [0.2, 0.25) is 0 Å². The molecule has 4 heteroatoms. The second-order valence-corrected chi connectivity index (χ2v) is 6.23. The molecule has 128 valence electrons. The van der Waals surface area contributed by atoms with Crippen molar-refractivity contribution in [2.75, 3.05) is 5.32 Å². The molecule has 3 aromatic rings. The molecule has 2 aromatic carbocycles. The van der Waals surface area contributed by atoms with Gasteiger partial charge in [0.2, 0.25) is 0 Å². The summed E-state index contributed by atoms with van der Waals surface area (Å²) in [6, 6.07) is 16.0. The highest BCUT2D eigenvalue weighted by Gasteiger charge is 2.09. The van der Waals surface area contributed by atoms with Gasteiger partial charge in [-0.05, 0) is 37.6 Å². The molecule has 0 unspecified atom stereocenters. The summed E-state index contributed by atoms with van der Waals surface area (Å²) in [4.78, 5) is 11.9. The Kier molecular flexibility index (Phi) is 5.29. The lowest BCUT2D eigenvalue weighted by atomic mass is 10.1. The Morgan fingerprint density at radius 3 is 2.48 bits per heavy atom. The minimum Gasteiger partial charge on any atom is -0.381 e. The summed E-state index contributed by atoms with van der Waals surface area (Å²) >= 11 is 0. The van der Waals surface area contributed by atoms with Crippen molar-refractivity contribution in [3.8, 4) is 11.3 Å². The summed E-state index contributed by atoms with van der Waals surface area (Å²) in [5.41, 5.74) is 6.17. The Bertz CT molecular complexity index is 832. The molecule has 0 saturated heterocycles. The average Bonchev–Trinajstić information content (AvgIpc) is 3.10. The van der Waals surface area contributed by atoms with Crippen LogP contribution in [0.5, 0.6) is 0 Å². The third kappa shape index (κ3) is 4.15. The van der Waals surface area contributed by atoms with E-state index in [9.17, 15) is 4.79 Å². The zero-order valence-corrected chi connectivity index (χ0v) is 14.7. The van der Waals surface area contributed by atoms with Crippen LogP contribution in [0, 0.1) is 6.92 Å². The summed E-state index contributed by atoms with van der Waals surface area (Å²) in [5, 5.41) is 10.7. The van der Waals surface area contributed by atoms with Gasteiger partial charge in [0, 0.05) is 41.5 Å². The fraction of sp³-hybridized carbons (Fsp3) is 0.238. The van der Waals surface area contributed by atoms with E-state index >= 15 is 0 Å². The predicted octanol–water partition coefficient (Wildman–Crippen LogP) is 4.98. The molecular formula is C21H23N3O. The second kappa shape index (κ2) is 7.79. The van der Waals surface area contributed by atoms with Crippen molar-refractivity contribution in [2.45, 2.75) is 33.2 Å². The first-order valence-corrected chi connectivity index (χ1v) is 8.64. The molecule has 4 nitrogen and oxygen atoms in total. The number of nitrogens with one attached hydrogen (secondary N) is 2. The molecule has 0 fully saturated rings. The molecule has 0 aliphatic heterocycles. The van der Waals surface area contributed by atoms with E-state index in [1.54, 1.807) is 0 Å². The van der Waals surface area contributed by atoms with Gasteiger partial charge in [-0.2, -0.15) is 5.10 Å². The van der Waals surface area contributed by atoms with Crippen LogP contribution in [-0.2, 0) is 6.54 Å². The van der Waals surface area contributed by atoms with E-state index in [4.69, 9.17) is 0 Å². The van der Waals surface area contributed by atoms with Crippen LogP contribution >= 0.6 is 0 Å². The highest BCUT2D eigenvalue weighted by atomic mass is 16.1. The molecule has 0 atom stereocenters. The maximum absolute atomic E-state index is 11.9. The molecule has 0 saturated carbocycles. The quantitative estimate of drug-likeness (QED) is 0.600. The summed E-state index contributed by atoms with van der Waals surface area (Å²) < 4.78 is 0. The van der Waals surface area contributed by atoms with Crippen LogP contribution in [0.25, 0.3) is 11.3 Å². The van der Waals surface area contributed by atoms with Crippen LogP contribution < -0.4 is 5.32 Å². The van der Waals surface area contributed by atoms with Crippen LogP contribution in [-0.4, -0.2) is 16.0 Å². The van der Waals surface area contributed by atoms with Crippen molar-refractivity contribution < 1.29 is 4.79 Å². The van der Waals surface area contributed by atoms with Gasteiger partial charge in [-0.25, -0.2) is 0 Å². The number of ketones is 1. The second-order valence-electron chi connectivity index (χ2n) is 6.23. The zero-order chi connectivity index (χ0) is 17.6. The molecule has 25 heavy (non-hydrogen) atoms. The summed E-state index contributed by atoms with van der Waals surface area (Å²) in [5.74, 6) is 0.200. The first kappa shape index (κ1) is 17.0. The first-order chi connectivity index (χ1) is 12.2. The number of carbonyl (C=O) groups is 1. The Labute approximate surface area is 148 Å². The first-order valence-electron chi connectivity index (χ1n) is 8.64. The SMILES string of the molecule is CCCC(=O)c1ccc(NCc2c[nH]nc2-c2ccc(C)cc2)cc1. The van der Waals surface area contributed by atoms with Gasteiger partial charge in [0.15, 0.2) is 5.78 Å². The van der Waals surface area contributed by atoms with E-state index in [2.05, 4.69) is 46.7 Å². The highest BCUT2D eigenvalue weighted by Crippen LogP contribution is 2.22. The third-order valence-electron chi connectivity index (χ3n) is 4.21. The van der Waals surface area contributed by atoms with Gasteiger partial charge >= 0.3 is 0 Å². The number of aromatic amines is 1. The summed E-state index contributed by atoms with van der Waals surface area (Å²) in [6.45, 7) is 4.76. The minimum absolute atomic E-state index is 0.200. The Balaban J connectivity index is 1.67. The van der Waals surface area contributed by atoms with Crippen molar-refractivity contribution in [3.63, 3.8) is 0 Å². The van der Waals surface area contributed by atoms with Gasteiger partial charge in [-0.1, -0.05) is 36.8 Å². The van der Waals surface area contributed by atoms with E-state index in [0.717, 1.165) is 34.5 Å². The molecule has 0 radical (unpaired) electrons. The largest absolute Gasteiger partial charge is 0.381 e. The van der Waals surface area contributed by atoms with E-state index in [1.165, 1.54) is 5.56 Å². The fourth-order valence-corrected chi connectivity index (χ4v) is 2.75. The van der Waals surface area contributed by atoms with Crippen molar-refractivity contribution in [1.82, 2.24) is 10.2 Å². The van der Waals surface area contributed by atoms with Gasteiger partial charge in [0.25, 0.3) is 0 Å². The molecule has 0 spiro atoms. The van der Waals surface area contributed by atoms with E-state index in [-0.39, 0.29) is 5.78 Å². The number of nitrogens with zero attached hydrogens (tertiary/aromatic N) is 1. The van der Waals surface area contributed by atoms with E-state index in [0.29, 0.717) is 13.0 Å². The minimum atomic E-state index is 0.200. The van der Waals surface area contributed by atoms with Crippen molar-refractivity contribution >= 4 is 11.5 Å². The predicted molar refractivity (Wildman–Crippen MR) is 102 cm³/mol. The van der Waals surface area contributed by atoms with Crippen molar-refractivity contribution in [2.24, 2.45) is 0 Å². The number of aryl methyl sites for hydroxylation is 1. The van der Waals surface area contributed by atoms with Crippen LogP contribution in [0.3, 0.4) is 0 Å². The topological polar surface area (TPSA) is 57.8 Å². The van der Waals surface area contributed by atoms with Crippen LogP contribution in [0.15, 0.2) is 54.7 Å². The monoisotopic (exact) mass is 333 g/mol. The van der Waals surface area contributed by atoms with Gasteiger partial charge in [0.05, 0.1) is 5.69 Å². The molecule has 3 rings (SSSR count). The smallest absolute Gasteiger partial charge is 0.162 e. The zero-order valence-electron chi connectivity index (χ0n) is 14.7. The molecule has 1 heterocycles. The molecule has 0 amide bonds. The summed E-state index contributed by atoms with van der Waals surface area (Å²) in [7, 11) is 0. The number of benzene rings is 2. The maximum atomic E-state index is 11.9. The van der Waals surface area contributed by atoms with Crippen LogP contribution in [0.1, 0.15) is 41.3 Å². The number of rotatable bonds is 7. The molecule has 0 bridgehead atoms. The number of aromatic nitrogens is 2. The van der Waals surface area contributed by atoms with Crippen molar-refractivity contribution in [1.29, 1.82) is 0 Å². The lowest BCUT2D eigenvalue weighted by Crippen LogP contribution is -2.02. The van der Waals surface area contributed by atoms with Crippen molar-refractivity contribution in [3.05, 3.63) is 71.4 Å². The lowest BCUT2D eigenvalue weighted by molar-refractivity contribution is 0.0982. The summed E-state index contributed by atoms with van der Waals surface area (Å²) in [6.07, 6.45) is 3.39. The number of carbonyl (C=O) groups excluding carboxylic acids is 1. The highest BCUT2D eigenvalue weighted by molar-refractivity contribution is 5.96. The van der Waals surface area contributed by atoms with Gasteiger partial charge in [-0.3, -0.25) is 9.89 Å². The number of anilines is 1. The molecule has 1 aromatic heterocycles.